The fourth-order valence-electron chi connectivity index (χ4n) is 1.26. The van der Waals surface area contributed by atoms with Crippen molar-refractivity contribution in [3.05, 3.63) is 42.5 Å². The van der Waals surface area contributed by atoms with Crippen LogP contribution in [-0.2, 0) is 0 Å². The molecule has 3 nitrogen and oxygen atoms in total. The zero-order valence-electron chi connectivity index (χ0n) is 9.04. The number of nitrogens with two attached hydrogens (primary N) is 1. The molecule has 1 aromatic carbocycles. The molecule has 0 radical (unpaired) electrons. The van der Waals surface area contributed by atoms with E-state index in [9.17, 15) is 5.11 Å². The van der Waals surface area contributed by atoms with Crippen molar-refractivity contribution in [3.63, 3.8) is 0 Å². The minimum absolute atomic E-state index is 0.228. The lowest BCUT2D eigenvalue weighted by molar-refractivity contribution is 0.109. The molecule has 0 aliphatic rings. The molecule has 4 heteroatoms. The number of aliphatic hydroxyl groups is 2. The summed E-state index contributed by atoms with van der Waals surface area (Å²) in [4.78, 5) is 1.12. The molecule has 16 heavy (non-hydrogen) atoms. The first-order valence-corrected chi connectivity index (χ1v) is 6.05. The zero-order valence-corrected chi connectivity index (χ0v) is 9.86. The highest BCUT2D eigenvalue weighted by Crippen LogP contribution is 2.22. The van der Waals surface area contributed by atoms with Crippen LogP contribution in [0.15, 0.2) is 41.8 Å². The predicted molar refractivity (Wildman–Crippen MR) is 67.4 cm³/mol. The van der Waals surface area contributed by atoms with Gasteiger partial charge in [0.2, 0.25) is 0 Å². The fraction of sp³-hybridized carbons (Fsp3) is 0.333. The molecule has 0 bridgehead atoms. The van der Waals surface area contributed by atoms with E-state index in [0.717, 1.165) is 16.2 Å². The van der Waals surface area contributed by atoms with Gasteiger partial charge in [0.1, 0.15) is 0 Å². The van der Waals surface area contributed by atoms with Gasteiger partial charge in [0.15, 0.2) is 0 Å². The monoisotopic (exact) mass is 239 g/mol. The second-order valence-electron chi connectivity index (χ2n) is 3.46. The molecule has 0 heterocycles. The molecule has 0 fully saturated rings. The van der Waals surface area contributed by atoms with E-state index < -0.39 is 12.1 Å². The Morgan fingerprint density at radius 3 is 2.50 bits per heavy atom. The maximum atomic E-state index is 9.75. The van der Waals surface area contributed by atoms with E-state index in [0.29, 0.717) is 0 Å². The first kappa shape index (κ1) is 13.3. The highest BCUT2D eigenvalue weighted by molar-refractivity contribution is 7.99. The van der Waals surface area contributed by atoms with E-state index in [1.165, 1.54) is 0 Å². The summed E-state index contributed by atoms with van der Waals surface area (Å²) in [7, 11) is 0. The van der Waals surface area contributed by atoms with Crippen LogP contribution in [0.1, 0.15) is 11.7 Å². The summed E-state index contributed by atoms with van der Waals surface area (Å²) in [5.74, 6) is 0.859. The van der Waals surface area contributed by atoms with Crippen molar-refractivity contribution in [2.75, 3.05) is 12.4 Å². The van der Waals surface area contributed by atoms with Crippen LogP contribution in [0.2, 0.25) is 0 Å². The molecule has 0 saturated carbocycles. The van der Waals surface area contributed by atoms with Gasteiger partial charge in [-0.3, -0.25) is 0 Å². The van der Waals surface area contributed by atoms with Gasteiger partial charge in [0, 0.05) is 10.6 Å². The molecular weight excluding hydrogens is 222 g/mol. The van der Waals surface area contributed by atoms with Gasteiger partial charge in [0.25, 0.3) is 0 Å². The third-order valence-electron chi connectivity index (χ3n) is 2.21. The number of thioether (sulfide) groups is 1. The van der Waals surface area contributed by atoms with Crippen LogP contribution in [0.25, 0.3) is 0 Å². The van der Waals surface area contributed by atoms with Gasteiger partial charge in [-0.1, -0.05) is 18.2 Å². The molecule has 4 N–H and O–H groups in total. The molecule has 0 saturated heterocycles. The van der Waals surface area contributed by atoms with Crippen molar-refractivity contribution in [1.29, 1.82) is 0 Å². The quantitative estimate of drug-likeness (QED) is 0.517. The Morgan fingerprint density at radius 2 is 2.00 bits per heavy atom. The molecule has 0 aliphatic heterocycles. The Labute approximate surface area is 100.0 Å². The standard InChI is InChI=1S/C12H17NO2S/c1-2-7-16-10-5-3-9(4-6-10)12(15)11(13)8-14/h2-6,11-12,14-15H,1,7-8,13H2. The van der Waals surface area contributed by atoms with Gasteiger partial charge < -0.3 is 15.9 Å². The molecule has 0 spiro atoms. The second-order valence-corrected chi connectivity index (χ2v) is 4.55. The number of aliphatic hydroxyl groups excluding tert-OH is 2. The average molecular weight is 239 g/mol. The SMILES string of the molecule is C=CCSc1ccc(C(O)C(N)CO)cc1. The first-order valence-electron chi connectivity index (χ1n) is 5.07. The Balaban J connectivity index is 2.66. The molecule has 0 amide bonds. The molecular formula is C12H17NO2S. The van der Waals surface area contributed by atoms with Crippen molar-refractivity contribution >= 4 is 11.8 Å². The molecule has 2 atom stereocenters. The van der Waals surface area contributed by atoms with Gasteiger partial charge in [-0.25, -0.2) is 0 Å². The lowest BCUT2D eigenvalue weighted by atomic mass is 10.0. The number of hydrogen-bond donors (Lipinski definition) is 3. The lowest BCUT2D eigenvalue weighted by Crippen LogP contribution is -2.31. The Morgan fingerprint density at radius 1 is 1.38 bits per heavy atom. The van der Waals surface area contributed by atoms with Crippen molar-refractivity contribution in [3.8, 4) is 0 Å². The molecule has 88 valence electrons. The topological polar surface area (TPSA) is 66.5 Å². The zero-order chi connectivity index (χ0) is 12.0. The minimum Gasteiger partial charge on any atom is -0.395 e. The summed E-state index contributed by atoms with van der Waals surface area (Å²) in [5.41, 5.74) is 6.27. The van der Waals surface area contributed by atoms with Gasteiger partial charge in [-0.15, -0.1) is 18.3 Å². The smallest absolute Gasteiger partial charge is 0.0963 e. The van der Waals surface area contributed by atoms with E-state index in [1.807, 2.05) is 30.3 Å². The summed E-state index contributed by atoms with van der Waals surface area (Å²) < 4.78 is 0. The third-order valence-corrected chi connectivity index (χ3v) is 3.21. The van der Waals surface area contributed by atoms with Gasteiger partial charge in [-0.2, -0.15) is 0 Å². The molecule has 0 aromatic heterocycles. The van der Waals surface area contributed by atoms with E-state index in [4.69, 9.17) is 10.8 Å². The maximum absolute atomic E-state index is 9.75. The van der Waals surface area contributed by atoms with Crippen molar-refractivity contribution in [2.45, 2.75) is 17.0 Å². The summed E-state index contributed by atoms with van der Waals surface area (Å²) in [6.45, 7) is 3.42. The van der Waals surface area contributed by atoms with Crippen LogP contribution in [0, 0.1) is 0 Å². The highest BCUT2D eigenvalue weighted by atomic mass is 32.2. The first-order chi connectivity index (χ1) is 7.69. The Bertz CT molecular complexity index is 326. The van der Waals surface area contributed by atoms with E-state index >= 15 is 0 Å². The molecule has 0 aliphatic carbocycles. The van der Waals surface area contributed by atoms with E-state index in [-0.39, 0.29) is 6.61 Å². The minimum atomic E-state index is -0.816. The van der Waals surface area contributed by atoms with Crippen molar-refractivity contribution in [2.24, 2.45) is 5.73 Å². The normalized spacial score (nSPS) is 14.4. The van der Waals surface area contributed by atoms with E-state index in [1.54, 1.807) is 11.8 Å². The number of benzene rings is 1. The largest absolute Gasteiger partial charge is 0.395 e. The summed E-state index contributed by atoms with van der Waals surface area (Å²) >= 11 is 1.67. The summed E-state index contributed by atoms with van der Waals surface area (Å²) in [6, 6.07) is 6.87. The molecule has 1 aromatic rings. The molecule has 1 rings (SSSR count). The highest BCUT2D eigenvalue weighted by Gasteiger charge is 2.15. The fourth-order valence-corrected chi connectivity index (χ4v) is 1.90. The second kappa shape index (κ2) is 6.70. The van der Waals surface area contributed by atoms with Crippen LogP contribution >= 0.6 is 11.8 Å². The van der Waals surface area contributed by atoms with Crippen LogP contribution < -0.4 is 5.73 Å². The summed E-state index contributed by atoms with van der Waals surface area (Å²) in [6.07, 6.45) is 1.03. The van der Waals surface area contributed by atoms with Gasteiger partial charge in [0.05, 0.1) is 18.8 Å². The van der Waals surface area contributed by atoms with Gasteiger partial charge >= 0.3 is 0 Å². The summed E-state index contributed by atoms with van der Waals surface area (Å²) in [5, 5.41) is 18.6. The maximum Gasteiger partial charge on any atom is 0.0963 e. The van der Waals surface area contributed by atoms with Crippen LogP contribution in [0.4, 0.5) is 0 Å². The number of hydrogen-bond acceptors (Lipinski definition) is 4. The van der Waals surface area contributed by atoms with Crippen LogP contribution in [0.5, 0.6) is 0 Å². The lowest BCUT2D eigenvalue weighted by Gasteiger charge is -2.16. The number of rotatable bonds is 6. The third kappa shape index (κ3) is 3.64. The Kier molecular flexibility index (Phi) is 5.55. The van der Waals surface area contributed by atoms with Crippen molar-refractivity contribution in [1.82, 2.24) is 0 Å². The Hall–Kier alpha value is -0.810. The van der Waals surface area contributed by atoms with Crippen LogP contribution in [0.3, 0.4) is 0 Å². The predicted octanol–water partition coefficient (Wildman–Crippen LogP) is 1.32. The molecule has 2 unspecified atom stereocenters. The van der Waals surface area contributed by atoms with Crippen LogP contribution in [-0.4, -0.2) is 28.6 Å². The van der Waals surface area contributed by atoms with Crippen molar-refractivity contribution < 1.29 is 10.2 Å². The average Bonchev–Trinajstić information content (AvgIpc) is 2.35. The van der Waals surface area contributed by atoms with Gasteiger partial charge in [-0.05, 0) is 17.7 Å². The van der Waals surface area contributed by atoms with E-state index in [2.05, 4.69) is 6.58 Å².